The van der Waals surface area contributed by atoms with Crippen molar-refractivity contribution in [3.05, 3.63) is 0 Å². The molecule has 72 valence electrons. The molecule has 0 N–H and O–H groups in total. The molecule has 12 heavy (non-hydrogen) atoms. The molecule has 0 radical (unpaired) electrons. The highest BCUT2D eigenvalue weighted by Gasteiger charge is 2.28. The topological polar surface area (TPSA) is 9.23 Å². The van der Waals surface area contributed by atoms with E-state index in [2.05, 4.69) is 0 Å². The number of ether oxygens (including phenoxy) is 1. The average molecular weight is 191 g/mol. The van der Waals surface area contributed by atoms with Crippen molar-refractivity contribution in [1.29, 1.82) is 0 Å². The van der Waals surface area contributed by atoms with Gasteiger partial charge in [-0.05, 0) is 31.6 Å². The monoisotopic (exact) mass is 190 g/mol. The van der Waals surface area contributed by atoms with Gasteiger partial charge in [0, 0.05) is 19.1 Å². The fraction of sp³-hybridized carbons (Fsp3) is 1.00. The molecule has 0 amide bonds. The number of methoxy groups -OCH3 is 1. The molecule has 1 aliphatic carbocycles. The smallest absolute Gasteiger partial charge is 0.0462 e. The van der Waals surface area contributed by atoms with Crippen molar-refractivity contribution in [3.8, 4) is 0 Å². The molecule has 0 bridgehead atoms. The molecular weight excluding hydrogens is 172 g/mol. The van der Waals surface area contributed by atoms with E-state index in [1.807, 2.05) is 0 Å². The summed E-state index contributed by atoms with van der Waals surface area (Å²) in [6.45, 7) is 0.899. The fourth-order valence-electron chi connectivity index (χ4n) is 1.46. The lowest BCUT2D eigenvalue weighted by molar-refractivity contribution is 0.192. The van der Waals surface area contributed by atoms with E-state index in [4.69, 9.17) is 16.3 Å². The van der Waals surface area contributed by atoms with Crippen LogP contribution in [0.2, 0.25) is 0 Å². The summed E-state index contributed by atoms with van der Waals surface area (Å²) in [7, 11) is 1.76. The number of hydrogen-bond donors (Lipinski definition) is 0. The normalized spacial score (nSPS) is 19.5. The van der Waals surface area contributed by atoms with Crippen LogP contribution in [-0.4, -0.2) is 19.1 Å². The first-order valence-electron chi connectivity index (χ1n) is 4.97. The van der Waals surface area contributed by atoms with Crippen LogP contribution in [-0.2, 0) is 4.74 Å². The molecule has 0 spiro atoms. The minimum absolute atomic E-state index is 0.465. The van der Waals surface area contributed by atoms with E-state index in [9.17, 15) is 0 Å². The average Bonchev–Trinajstić information content (AvgIpc) is 2.86. The molecule has 1 atom stereocenters. The second kappa shape index (κ2) is 5.82. The Balaban J connectivity index is 1.81. The van der Waals surface area contributed by atoms with Crippen LogP contribution in [0, 0.1) is 5.92 Å². The zero-order valence-electron chi connectivity index (χ0n) is 7.89. The van der Waals surface area contributed by atoms with Crippen LogP contribution in [0.4, 0.5) is 0 Å². The predicted octanol–water partition coefficient (Wildman–Crippen LogP) is 3.21. The maximum Gasteiger partial charge on any atom is 0.0462 e. The molecule has 0 saturated heterocycles. The third-order valence-electron chi connectivity index (χ3n) is 2.46. The first-order chi connectivity index (χ1) is 5.84. The van der Waals surface area contributed by atoms with Gasteiger partial charge in [-0.2, -0.15) is 0 Å². The maximum absolute atomic E-state index is 6.16. The minimum Gasteiger partial charge on any atom is -0.385 e. The Bertz CT molecular complexity index is 112. The van der Waals surface area contributed by atoms with Crippen LogP contribution < -0.4 is 0 Å². The zero-order chi connectivity index (χ0) is 8.81. The van der Waals surface area contributed by atoms with Gasteiger partial charge in [0.1, 0.15) is 0 Å². The Morgan fingerprint density at radius 2 is 2.08 bits per heavy atom. The summed E-state index contributed by atoms with van der Waals surface area (Å²) in [5.41, 5.74) is 0. The Labute approximate surface area is 80.4 Å². The summed E-state index contributed by atoms with van der Waals surface area (Å²) < 4.78 is 4.98. The SMILES string of the molecule is COCCCCCC(Cl)C1CC1. The highest BCUT2D eigenvalue weighted by atomic mass is 35.5. The Kier molecular flexibility index (Phi) is 5.01. The number of halogens is 1. The van der Waals surface area contributed by atoms with Crippen molar-refractivity contribution >= 4 is 11.6 Å². The van der Waals surface area contributed by atoms with E-state index in [0.29, 0.717) is 5.38 Å². The third-order valence-corrected chi connectivity index (χ3v) is 3.04. The van der Waals surface area contributed by atoms with Crippen molar-refractivity contribution < 1.29 is 4.74 Å². The van der Waals surface area contributed by atoms with Gasteiger partial charge < -0.3 is 4.74 Å². The summed E-state index contributed by atoms with van der Waals surface area (Å²) in [4.78, 5) is 0. The first kappa shape index (κ1) is 10.3. The maximum atomic E-state index is 6.16. The van der Waals surface area contributed by atoms with Crippen LogP contribution >= 0.6 is 11.6 Å². The Morgan fingerprint density at radius 3 is 2.67 bits per heavy atom. The molecule has 1 aliphatic rings. The van der Waals surface area contributed by atoms with Gasteiger partial charge in [0.15, 0.2) is 0 Å². The first-order valence-corrected chi connectivity index (χ1v) is 5.41. The molecule has 1 saturated carbocycles. The molecule has 0 heterocycles. The second-order valence-electron chi connectivity index (χ2n) is 3.70. The lowest BCUT2D eigenvalue weighted by Gasteiger charge is -2.06. The van der Waals surface area contributed by atoms with Crippen molar-refractivity contribution in [3.63, 3.8) is 0 Å². The van der Waals surface area contributed by atoms with E-state index in [1.165, 1.54) is 38.5 Å². The summed E-state index contributed by atoms with van der Waals surface area (Å²) >= 11 is 6.16. The molecule has 0 aromatic heterocycles. The van der Waals surface area contributed by atoms with E-state index in [1.54, 1.807) is 7.11 Å². The number of alkyl halides is 1. The highest BCUT2D eigenvalue weighted by molar-refractivity contribution is 6.20. The van der Waals surface area contributed by atoms with Crippen molar-refractivity contribution in [2.45, 2.75) is 43.9 Å². The van der Waals surface area contributed by atoms with Gasteiger partial charge in [-0.3, -0.25) is 0 Å². The van der Waals surface area contributed by atoms with Gasteiger partial charge in [0.25, 0.3) is 0 Å². The number of unbranched alkanes of at least 4 members (excludes halogenated alkanes) is 2. The van der Waals surface area contributed by atoms with Gasteiger partial charge in [-0.1, -0.05) is 12.8 Å². The summed E-state index contributed by atoms with van der Waals surface area (Å²) in [6, 6.07) is 0. The van der Waals surface area contributed by atoms with Gasteiger partial charge in [0.2, 0.25) is 0 Å². The quantitative estimate of drug-likeness (QED) is 0.443. The van der Waals surface area contributed by atoms with Crippen LogP contribution in [0.25, 0.3) is 0 Å². The lowest BCUT2D eigenvalue weighted by atomic mass is 10.1. The van der Waals surface area contributed by atoms with E-state index >= 15 is 0 Å². The standard InChI is InChI=1S/C10H19ClO/c1-12-8-4-2-3-5-10(11)9-6-7-9/h9-10H,2-8H2,1H3. The van der Waals surface area contributed by atoms with Crippen molar-refractivity contribution in [1.82, 2.24) is 0 Å². The van der Waals surface area contributed by atoms with Crippen LogP contribution in [0.5, 0.6) is 0 Å². The van der Waals surface area contributed by atoms with Gasteiger partial charge in [0.05, 0.1) is 0 Å². The van der Waals surface area contributed by atoms with Gasteiger partial charge in [-0.25, -0.2) is 0 Å². The van der Waals surface area contributed by atoms with E-state index < -0.39 is 0 Å². The van der Waals surface area contributed by atoms with Crippen LogP contribution in [0.15, 0.2) is 0 Å². The number of rotatable bonds is 7. The highest BCUT2D eigenvalue weighted by Crippen LogP contribution is 2.37. The van der Waals surface area contributed by atoms with E-state index in [0.717, 1.165) is 12.5 Å². The summed E-state index contributed by atoms with van der Waals surface area (Å²) in [6.07, 6.45) is 7.66. The predicted molar refractivity (Wildman–Crippen MR) is 52.7 cm³/mol. The largest absolute Gasteiger partial charge is 0.385 e. The molecule has 1 rings (SSSR count). The Morgan fingerprint density at radius 1 is 1.33 bits per heavy atom. The fourth-order valence-corrected chi connectivity index (χ4v) is 1.86. The molecular formula is C10H19ClO. The Hall–Kier alpha value is 0.250. The molecule has 0 aliphatic heterocycles. The van der Waals surface area contributed by atoms with Crippen LogP contribution in [0.3, 0.4) is 0 Å². The van der Waals surface area contributed by atoms with Crippen molar-refractivity contribution in [2.24, 2.45) is 5.92 Å². The second-order valence-corrected chi connectivity index (χ2v) is 4.26. The third kappa shape index (κ3) is 4.32. The lowest BCUT2D eigenvalue weighted by Crippen LogP contribution is -2.00. The van der Waals surface area contributed by atoms with E-state index in [-0.39, 0.29) is 0 Å². The molecule has 0 aromatic rings. The van der Waals surface area contributed by atoms with Crippen molar-refractivity contribution in [2.75, 3.05) is 13.7 Å². The summed E-state index contributed by atoms with van der Waals surface area (Å²) in [5.74, 6) is 0.856. The molecule has 1 unspecified atom stereocenters. The molecule has 1 fully saturated rings. The molecule has 1 nitrogen and oxygen atoms in total. The zero-order valence-corrected chi connectivity index (χ0v) is 8.65. The van der Waals surface area contributed by atoms with Gasteiger partial charge in [-0.15, -0.1) is 11.6 Å². The summed E-state index contributed by atoms with van der Waals surface area (Å²) in [5, 5.41) is 0.465. The minimum atomic E-state index is 0.465. The van der Waals surface area contributed by atoms with Crippen LogP contribution in [0.1, 0.15) is 38.5 Å². The molecule has 0 aromatic carbocycles. The number of hydrogen-bond acceptors (Lipinski definition) is 1. The molecule has 2 heteroatoms. The van der Waals surface area contributed by atoms with Gasteiger partial charge >= 0.3 is 0 Å².